The SMILES string of the molecule is COc1ccc([C@H]2OC[C@H]3O[C@@H](OC)[C@@H](OCc4ccccc4)[C@@H](O)[C@@H]3O2)cc1. The maximum absolute atomic E-state index is 11.0. The summed E-state index contributed by atoms with van der Waals surface area (Å²) in [5, 5.41) is 11.0. The summed E-state index contributed by atoms with van der Waals surface area (Å²) in [4.78, 5) is 0. The van der Waals surface area contributed by atoms with Crippen LogP contribution >= 0.6 is 0 Å². The maximum atomic E-state index is 11.0. The van der Waals surface area contributed by atoms with Gasteiger partial charge in [-0.2, -0.15) is 0 Å². The van der Waals surface area contributed by atoms with Gasteiger partial charge in [-0.15, -0.1) is 0 Å². The predicted octanol–water partition coefficient (Wildman–Crippen LogP) is 2.43. The minimum atomic E-state index is -0.924. The van der Waals surface area contributed by atoms with Crippen LogP contribution in [0.5, 0.6) is 5.75 Å². The van der Waals surface area contributed by atoms with E-state index in [4.69, 9.17) is 28.4 Å². The zero-order valence-electron chi connectivity index (χ0n) is 16.5. The predicted molar refractivity (Wildman–Crippen MR) is 103 cm³/mol. The van der Waals surface area contributed by atoms with E-state index in [1.165, 1.54) is 7.11 Å². The lowest BCUT2D eigenvalue weighted by atomic mass is 9.97. The fraction of sp³-hybridized carbons (Fsp3) is 0.455. The zero-order valence-corrected chi connectivity index (χ0v) is 16.5. The van der Waals surface area contributed by atoms with Crippen LogP contribution in [0, 0.1) is 0 Å². The molecule has 0 aliphatic carbocycles. The molecule has 0 spiro atoms. The third-order valence-corrected chi connectivity index (χ3v) is 5.21. The van der Waals surface area contributed by atoms with Crippen LogP contribution in [-0.2, 0) is 30.3 Å². The fourth-order valence-corrected chi connectivity index (χ4v) is 3.63. The first-order valence-electron chi connectivity index (χ1n) is 9.62. The molecule has 29 heavy (non-hydrogen) atoms. The topological polar surface area (TPSA) is 75.6 Å². The van der Waals surface area contributed by atoms with E-state index in [1.54, 1.807) is 7.11 Å². The average Bonchev–Trinajstić information content (AvgIpc) is 2.79. The molecule has 2 aromatic carbocycles. The standard InChI is InChI=1S/C22H26O7/c1-24-16-10-8-15(9-11-16)21-27-13-17-19(29-21)18(23)20(22(25-2)28-17)26-12-14-6-4-3-5-7-14/h3-11,17-23H,12-13H2,1-2H3/t17-,18+,19-,20+,21+,22-/m1/s1. The Labute approximate surface area is 170 Å². The van der Waals surface area contributed by atoms with Gasteiger partial charge in [0.1, 0.15) is 30.2 Å². The highest BCUT2D eigenvalue weighted by Crippen LogP contribution is 2.35. The zero-order chi connectivity index (χ0) is 20.2. The van der Waals surface area contributed by atoms with Gasteiger partial charge in [0.2, 0.25) is 0 Å². The van der Waals surface area contributed by atoms with Crippen LogP contribution in [-0.4, -0.2) is 56.6 Å². The van der Waals surface area contributed by atoms with Gasteiger partial charge in [0.15, 0.2) is 12.6 Å². The third kappa shape index (κ3) is 4.45. The molecule has 156 valence electrons. The van der Waals surface area contributed by atoms with Crippen LogP contribution in [0.15, 0.2) is 54.6 Å². The van der Waals surface area contributed by atoms with Gasteiger partial charge in [-0.05, 0) is 17.7 Å². The van der Waals surface area contributed by atoms with Crippen LogP contribution < -0.4 is 4.74 Å². The molecular formula is C22H26O7. The first-order valence-corrected chi connectivity index (χ1v) is 9.62. The first kappa shape index (κ1) is 20.3. The Morgan fingerprint density at radius 1 is 1.00 bits per heavy atom. The number of ether oxygens (including phenoxy) is 6. The number of rotatable bonds is 6. The molecule has 0 aromatic heterocycles. The molecule has 7 heteroatoms. The Kier molecular flexibility index (Phi) is 6.44. The second-order valence-electron chi connectivity index (χ2n) is 7.07. The van der Waals surface area contributed by atoms with Crippen molar-refractivity contribution in [2.45, 2.75) is 43.6 Å². The lowest BCUT2D eigenvalue weighted by molar-refractivity contribution is -0.363. The molecule has 0 unspecified atom stereocenters. The molecule has 2 saturated heterocycles. The molecule has 2 aliphatic heterocycles. The van der Waals surface area contributed by atoms with E-state index in [0.717, 1.165) is 16.9 Å². The average molecular weight is 402 g/mol. The summed E-state index contributed by atoms with van der Waals surface area (Å²) < 4.78 is 34.4. The van der Waals surface area contributed by atoms with Gasteiger partial charge in [-0.3, -0.25) is 0 Å². The Balaban J connectivity index is 1.45. The minimum Gasteiger partial charge on any atom is -0.497 e. The second kappa shape index (κ2) is 9.21. The van der Waals surface area contributed by atoms with Crippen LogP contribution in [0.1, 0.15) is 17.4 Å². The van der Waals surface area contributed by atoms with Crippen molar-refractivity contribution in [3.8, 4) is 5.75 Å². The van der Waals surface area contributed by atoms with Crippen molar-refractivity contribution in [2.75, 3.05) is 20.8 Å². The van der Waals surface area contributed by atoms with Crippen LogP contribution in [0.2, 0.25) is 0 Å². The molecule has 2 heterocycles. The highest BCUT2D eigenvalue weighted by atomic mass is 16.8. The number of fused-ring (bicyclic) bond motifs is 1. The third-order valence-electron chi connectivity index (χ3n) is 5.21. The fourth-order valence-electron chi connectivity index (χ4n) is 3.63. The summed E-state index contributed by atoms with van der Waals surface area (Å²) >= 11 is 0. The Hall–Kier alpha value is -2.00. The summed E-state index contributed by atoms with van der Waals surface area (Å²) in [5.41, 5.74) is 1.84. The lowest BCUT2D eigenvalue weighted by Gasteiger charge is -2.47. The Morgan fingerprint density at radius 3 is 2.45 bits per heavy atom. The molecule has 0 saturated carbocycles. The molecule has 0 bridgehead atoms. The van der Waals surface area contributed by atoms with Crippen LogP contribution in [0.3, 0.4) is 0 Å². The van der Waals surface area contributed by atoms with E-state index >= 15 is 0 Å². The van der Waals surface area contributed by atoms with Crippen molar-refractivity contribution in [1.82, 2.24) is 0 Å². The Bertz CT molecular complexity index is 766. The maximum Gasteiger partial charge on any atom is 0.186 e. The van der Waals surface area contributed by atoms with Gasteiger partial charge in [0.25, 0.3) is 0 Å². The molecule has 2 fully saturated rings. The highest BCUT2D eigenvalue weighted by Gasteiger charge is 2.50. The summed E-state index contributed by atoms with van der Waals surface area (Å²) in [7, 11) is 3.14. The smallest absolute Gasteiger partial charge is 0.186 e. The number of hydrogen-bond acceptors (Lipinski definition) is 7. The monoisotopic (exact) mass is 402 g/mol. The largest absolute Gasteiger partial charge is 0.497 e. The molecule has 4 rings (SSSR count). The normalized spacial score (nSPS) is 31.8. The molecule has 0 radical (unpaired) electrons. The van der Waals surface area contributed by atoms with E-state index in [9.17, 15) is 5.11 Å². The van der Waals surface area contributed by atoms with E-state index in [-0.39, 0.29) is 6.61 Å². The Morgan fingerprint density at radius 2 is 1.76 bits per heavy atom. The molecule has 2 aromatic rings. The second-order valence-corrected chi connectivity index (χ2v) is 7.07. The van der Waals surface area contributed by atoms with Gasteiger partial charge in [-0.25, -0.2) is 0 Å². The van der Waals surface area contributed by atoms with Gasteiger partial charge < -0.3 is 33.5 Å². The lowest BCUT2D eigenvalue weighted by Crippen LogP contribution is -2.62. The first-order chi connectivity index (χ1) is 14.2. The van der Waals surface area contributed by atoms with Gasteiger partial charge >= 0.3 is 0 Å². The number of benzene rings is 2. The van der Waals surface area contributed by atoms with E-state index in [2.05, 4.69) is 0 Å². The van der Waals surface area contributed by atoms with Crippen LogP contribution in [0.25, 0.3) is 0 Å². The number of methoxy groups -OCH3 is 2. The number of aliphatic hydroxyl groups is 1. The summed E-state index contributed by atoms with van der Waals surface area (Å²) in [6.45, 7) is 0.616. The molecule has 1 N–H and O–H groups in total. The summed E-state index contributed by atoms with van der Waals surface area (Å²) in [6.07, 6.45) is -3.96. The van der Waals surface area contributed by atoms with Crippen molar-refractivity contribution in [3.63, 3.8) is 0 Å². The highest BCUT2D eigenvalue weighted by molar-refractivity contribution is 5.28. The van der Waals surface area contributed by atoms with Crippen molar-refractivity contribution in [1.29, 1.82) is 0 Å². The number of hydrogen-bond donors (Lipinski definition) is 1. The van der Waals surface area contributed by atoms with Crippen molar-refractivity contribution >= 4 is 0 Å². The molecular weight excluding hydrogens is 376 g/mol. The van der Waals surface area contributed by atoms with Crippen molar-refractivity contribution in [3.05, 3.63) is 65.7 Å². The molecule has 2 aliphatic rings. The molecule has 7 nitrogen and oxygen atoms in total. The van der Waals surface area contributed by atoms with Gasteiger partial charge in [-0.1, -0.05) is 42.5 Å². The minimum absolute atomic E-state index is 0.281. The summed E-state index contributed by atoms with van der Waals surface area (Å²) in [6, 6.07) is 17.2. The van der Waals surface area contributed by atoms with Gasteiger partial charge in [0.05, 0.1) is 20.3 Å². The molecule has 0 amide bonds. The van der Waals surface area contributed by atoms with Gasteiger partial charge in [0, 0.05) is 12.7 Å². The van der Waals surface area contributed by atoms with E-state index < -0.39 is 37.0 Å². The molecule has 6 atom stereocenters. The van der Waals surface area contributed by atoms with E-state index in [0.29, 0.717) is 6.61 Å². The van der Waals surface area contributed by atoms with Crippen molar-refractivity contribution in [2.24, 2.45) is 0 Å². The number of aliphatic hydroxyl groups excluding tert-OH is 1. The van der Waals surface area contributed by atoms with Crippen molar-refractivity contribution < 1.29 is 33.5 Å². The quantitative estimate of drug-likeness (QED) is 0.795. The van der Waals surface area contributed by atoms with E-state index in [1.807, 2.05) is 54.6 Å². The van der Waals surface area contributed by atoms with Crippen LogP contribution in [0.4, 0.5) is 0 Å². The summed E-state index contributed by atoms with van der Waals surface area (Å²) in [5.74, 6) is 0.751.